The first-order valence-electron chi connectivity index (χ1n) is 5.90. The van der Waals surface area contributed by atoms with E-state index in [0.29, 0.717) is 12.6 Å². The minimum absolute atomic E-state index is 0.00227. The van der Waals surface area contributed by atoms with Crippen LogP contribution in [0.1, 0.15) is 24.4 Å². The maximum absolute atomic E-state index is 11.8. The van der Waals surface area contributed by atoms with Gasteiger partial charge in [-0.05, 0) is 30.5 Å². The Morgan fingerprint density at radius 3 is 3.00 bits per heavy atom. The van der Waals surface area contributed by atoms with E-state index in [-0.39, 0.29) is 5.69 Å². The second-order valence-electron chi connectivity index (χ2n) is 4.45. The standard InChI is InChI=1S/C13H15N3O/c14-7-1-2-9-3-6-12-11(8-9)15-13(17)16(12)10-4-5-10/h1-3,6,8,10H,4-5,7,14H2,(H,15,17)/b2-1+. The fourth-order valence-electron chi connectivity index (χ4n) is 2.15. The van der Waals surface area contributed by atoms with Gasteiger partial charge in [0.2, 0.25) is 0 Å². The molecule has 4 nitrogen and oxygen atoms in total. The number of hydrogen-bond donors (Lipinski definition) is 2. The molecule has 1 saturated carbocycles. The van der Waals surface area contributed by atoms with E-state index in [2.05, 4.69) is 4.98 Å². The van der Waals surface area contributed by atoms with Crippen molar-refractivity contribution in [2.75, 3.05) is 6.54 Å². The number of imidazole rings is 1. The number of aromatic amines is 1. The maximum Gasteiger partial charge on any atom is 0.326 e. The van der Waals surface area contributed by atoms with E-state index in [0.717, 1.165) is 29.4 Å². The molecule has 1 fully saturated rings. The van der Waals surface area contributed by atoms with Crippen molar-refractivity contribution in [1.82, 2.24) is 9.55 Å². The molecule has 0 radical (unpaired) electrons. The van der Waals surface area contributed by atoms with Gasteiger partial charge in [0.1, 0.15) is 0 Å². The fraction of sp³-hybridized carbons (Fsp3) is 0.308. The summed E-state index contributed by atoms with van der Waals surface area (Å²) in [5, 5.41) is 0. The molecule has 1 aromatic carbocycles. The van der Waals surface area contributed by atoms with E-state index >= 15 is 0 Å². The largest absolute Gasteiger partial charge is 0.327 e. The zero-order valence-electron chi connectivity index (χ0n) is 9.52. The highest BCUT2D eigenvalue weighted by molar-refractivity contribution is 5.78. The fourth-order valence-corrected chi connectivity index (χ4v) is 2.15. The maximum atomic E-state index is 11.8. The van der Waals surface area contributed by atoms with Crippen molar-refractivity contribution in [3.05, 3.63) is 40.3 Å². The van der Waals surface area contributed by atoms with Crippen LogP contribution in [0.4, 0.5) is 0 Å². The number of nitrogens with zero attached hydrogens (tertiary/aromatic N) is 1. The summed E-state index contributed by atoms with van der Waals surface area (Å²) >= 11 is 0. The lowest BCUT2D eigenvalue weighted by atomic mass is 10.2. The Bertz CT molecular complexity index is 632. The molecule has 0 amide bonds. The molecule has 0 bridgehead atoms. The molecule has 0 saturated heterocycles. The van der Waals surface area contributed by atoms with Crippen molar-refractivity contribution >= 4 is 17.1 Å². The number of fused-ring (bicyclic) bond motifs is 1. The predicted octanol–water partition coefficient (Wildman–Crippen LogP) is 1.64. The average Bonchev–Trinajstić information content (AvgIpc) is 3.09. The van der Waals surface area contributed by atoms with Gasteiger partial charge < -0.3 is 10.7 Å². The Labute approximate surface area is 98.7 Å². The van der Waals surface area contributed by atoms with Crippen LogP contribution in [0.3, 0.4) is 0 Å². The Balaban J connectivity index is 2.12. The summed E-state index contributed by atoms with van der Waals surface area (Å²) in [6.45, 7) is 0.525. The van der Waals surface area contributed by atoms with Gasteiger partial charge in [0.05, 0.1) is 11.0 Å². The molecule has 3 rings (SSSR count). The van der Waals surface area contributed by atoms with Gasteiger partial charge in [0.25, 0.3) is 0 Å². The Morgan fingerprint density at radius 2 is 2.29 bits per heavy atom. The molecule has 0 spiro atoms. The van der Waals surface area contributed by atoms with Gasteiger partial charge in [-0.15, -0.1) is 0 Å². The topological polar surface area (TPSA) is 63.8 Å². The van der Waals surface area contributed by atoms with Crippen LogP contribution >= 0.6 is 0 Å². The zero-order valence-corrected chi connectivity index (χ0v) is 9.52. The molecule has 1 aromatic heterocycles. The zero-order chi connectivity index (χ0) is 11.8. The molecular weight excluding hydrogens is 214 g/mol. The number of nitrogens with one attached hydrogen (secondary N) is 1. The highest BCUT2D eigenvalue weighted by Gasteiger charge is 2.26. The molecule has 0 atom stereocenters. The summed E-state index contributed by atoms with van der Waals surface area (Å²) < 4.78 is 1.87. The minimum atomic E-state index is 0.00227. The quantitative estimate of drug-likeness (QED) is 0.840. The molecule has 88 valence electrons. The van der Waals surface area contributed by atoms with Crippen molar-refractivity contribution in [2.45, 2.75) is 18.9 Å². The lowest BCUT2D eigenvalue weighted by Crippen LogP contribution is -2.14. The Morgan fingerprint density at radius 1 is 1.47 bits per heavy atom. The van der Waals surface area contributed by atoms with E-state index in [1.807, 2.05) is 34.9 Å². The number of benzene rings is 1. The molecule has 3 N–H and O–H groups in total. The number of nitrogens with two attached hydrogens (primary N) is 1. The van der Waals surface area contributed by atoms with Gasteiger partial charge in [-0.1, -0.05) is 18.2 Å². The first kappa shape index (κ1) is 10.4. The molecule has 1 aliphatic carbocycles. The Kier molecular flexibility index (Phi) is 2.37. The van der Waals surface area contributed by atoms with Crippen LogP contribution in [0, 0.1) is 0 Å². The van der Waals surface area contributed by atoms with E-state index < -0.39 is 0 Å². The normalized spacial score (nSPS) is 16.1. The third kappa shape index (κ3) is 1.80. The highest BCUT2D eigenvalue weighted by Crippen LogP contribution is 2.35. The summed E-state index contributed by atoms with van der Waals surface area (Å²) in [5.41, 5.74) is 8.39. The van der Waals surface area contributed by atoms with E-state index in [1.54, 1.807) is 0 Å². The van der Waals surface area contributed by atoms with Gasteiger partial charge >= 0.3 is 5.69 Å². The summed E-state index contributed by atoms with van der Waals surface area (Å²) in [4.78, 5) is 14.7. The lowest BCUT2D eigenvalue weighted by molar-refractivity contribution is 0.733. The number of aromatic nitrogens is 2. The van der Waals surface area contributed by atoms with Crippen molar-refractivity contribution in [2.24, 2.45) is 5.73 Å². The van der Waals surface area contributed by atoms with Crippen molar-refractivity contribution in [3.63, 3.8) is 0 Å². The number of H-pyrrole nitrogens is 1. The van der Waals surface area contributed by atoms with Crippen LogP contribution < -0.4 is 11.4 Å². The van der Waals surface area contributed by atoms with Gasteiger partial charge in [-0.2, -0.15) is 0 Å². The van der Waals surface area contributed by atoms with Crippen molar-refractivity contribution in [1.29, 1.82) is 0 Å². The van der Waals surface area contributed by atoms with Crippen LogP contribution in [0.2, 0.25) is 0 Å². The first-order chi connectivity index (χ1) is 8.29. The molecule has 0 unspecified atom stereocenters. The Hall–Kier alpha value is -1.81. The van der Waals surface area contributed by atoms with Gasteiger partial charge in [-0.3, -0.25) is 4.57 Å². The molecule has 17 heavy (non-hydrogen) atoms. The highest BCUT2D eigenvalue weighted by atomic mass is 16.1. The molecule has 2 aromatic rings. The summed E-state index contributed by atoms with van der Waals surface area (Å²) in [6.07, 6.45) is 6.09. The molecule has 4 heteroatoms. The van der Waals surface area contributed by atoms with Crippen molar-refractivity contribution < 1.29 is 0 Å². The predicted molar refractivity (Wildman–Crippen MR) is 68.9 cm³/mol. The van der Waals surface area contributed by atoms with Crippen LogP contribution in [0.15, 0.2) is 29.1 Å². The van der Waals surface area contributed by atoms with Gasteiger partial charge in [-0.25, -0.2) is 4.79 Å². The first-order valence-corrected chi connectivity index (χ1v) is 5.90. The van der Waals surface area contributed by atoms with Crippen molar-refractivity contribution in [3.8, 4) is 0 Å². The summed E-state index contributed by atoms with van der Waals surface area (Å²) in [6, 6.07) is 6.41. The van der Waals surface area contributed by atoms with Crippen LogP contribution in [-0.4, -0.2) is 16.1 Å². The second-order valence-corrected chi connectivity index (χ2v) is 4.45. The minimum Gasteiger partial charge on any atom is -0.327 e. The van der Waals surface area contributed by atoms with Crippen LogP contribution in [0.5, 0.6) is 0 Å². The van der Waals surface area contributed by atoms with E-state index in [1.165, 1.54) is 0 Å². The van der Waals surface area contributed by atoms with Gasteiger partial charge in [0, 0.05) is 12.6 Å². The van der Waals surface area contributed by atoms with Crippen LogP contribution in [-0.2, 0) is 0 Å². The molecular formula is C13H15N3O. The monoisotopic (exact) mass is 229 g/mol. The van der Waals surface area contributed by atoms with Crippen LogP contribution in [0.25, 0.3) is 17.1 Å². The van der Waals surface area contributed by atoms with E-state index in [9.17, 15) is 4.79 Å². The molecule has 1 aliphatic rings. The third-order valence-corrected chi connectivity index (χ3v) is 3.10. The second kappa shape index (κ2) is 3.89. The number of rotatable bonds is 3. The molecule has 0 aliphatic heterocycles. The summed E-state index contributed by atoms with van der Waals surface area (Å²) in [5.74, 6) is 0. The van der Waals surface area contributed by atoms with E-state index in [4.69, 9.17) is 5.73 Å². The number of hydrogen-bond acceptors (Lipinski definition) is 2. The average molecular weight is 229 g/mol. The third-order valence-electron chi connectivity index (χ3n) is 3.10. The summed E-state index contributed by atoms with van der Waals surface area (Å²) in [7, 11) is 0. The lowest BCUT2D eigenvalue weighted by Gasteiger charge is -1.99. The SMILES string of the molecule is NC/C=C/c1ccc2c(c1)[nH]c(=O)n2C1CC1. The smallest absolute Gasteiger partial charge is 0.326 e. The molecule has 1 heterocycles. The van der Waals surface area contributed by atoms with Gasteiger partial charge in [0.15, 0.2) is 0 Å².